The van der Waals surface area contributed by atoms with Crippen LogP contribution in [0.5, 0.6) is 0 Å². The second kappa shape index (κ2) is 5.28. The first-order valence-corrected chi connectivity index (χ1v) is 6.54. The zero-order valence-electron chi connectivity index (χ0n) is 8.14. The molecule has 0 atom stereocenters. The minimum absolute atomic E-state index is 0.621. The van der Waals surface area contributed by atoms with Crippen LogP contribution in [0.25, 0.3) is 0 Å². The largest absolute Gasteiger partial charge is 0.378 e. The minimum atomic E-state index is 0.621. The van der Waals surface area contributed by atoms with Crippen LogP contribution in [0.2, 0.25) is 14.4 Å². The van der Waals surface area contributed by atoms with Crippen LogP contribution in [-0.4, -0.2) is 0 Å². The predicted molar refractivity (Wildman–Crippen MR) is 73.1 cm³/mol. The molecule has 2 aromatic rings. The normalized spacial score (nSPS) is 10.4. The fourth-order valence-electron chi connectivity index (χ4n) is 1.29. The summed E-state index contributed by atoms with van der Waals surface area (Å²) in [7, 11) is 0. The summed E-state index contributed by atoms with van der Waals surface area (Å²) in [5.41, 5.74) is 0.760. The molecule has 0 aliphatic rings. The van der Waals surface area contributed by atoms with Crippen molar-refractivity contribution in [2.24, 2.45) is 0 Å². The molecule has 5 heteroatoms. The van der Waals surface area contributed by atoms with Crippen LogP contribution in [0, 0.1) is 0 Å². The number of benzene rings is 1. The second-order valence-electron chi connectivity index (χ2n) is 3.16. The maximum Gasteiger partial charge on any atom is 0.0931 e. The lowest BCUT2D eigenvalue weighted by molar-refractivity contribution is 1.19. The van der Waals surface area contributed by atoms with Gasteiger partial charge in [0, 0.05) is 11.4 Å². The van der Waals surface area contributed by atoms with E-state index in [2.05, 4.69) is 5.32 Å². The van der Waals surface area contributed by atoms with E-state index in [4.69, 9.17) is 34.8 Å². The third-order valence-electron chi connectivity index (χ3n) is 2.03. The van der Waals surface area contributed by atoms with E-state index in [1.54, 1.807) is 12.1 Å². The van der Waals surface area contributed by atoms with E-state index in [1.807, 2.05) is 18.2 Å². The Morgan fingerprint density at radius 1 is 1.00 bits per heavy atom. The first-order chi connectivity index (χ1) is 7.66. The Labute approximate surface area is 113 Å². The van der Waals surface area contributed by atoms with Gasteiger partial charge in [-0.2, -0.15) is 0 Å². The summed E-state index contributed by atoms with van der Waals surface area (Å²) < 4.78 is 0.780. The number of para-hydroxylation sites is 1. The van der Waals surface area contributed by atoms with Gasteiger partial charge in [0.05, 0.1) is 20.1 Å². The number of hydrogen-bond acceptors (Lipinski definition) is 2. The third kappa shape index (κ3) is 2.83. The van der Waals surface area contributed by atoms with Crippen molar-refractivity contribution in [3.8, 4) is 0 Å². The number of halogens is 3. The maximum atomic E-state index is 6.03. The molecule has 0 spiro atoms. The van der Waals surface area contributed by atoms with Crippen molar-refractivity contribution in [1.29, 1.82) is 0 Å². The van der Waals surface area contributed by atoms with E-state index in [0.717, 1.165) is 14.9 Å². The molecule has 1 nitrogen and oxygen atoms in total. The molecular formula is C11H8Cl3NS. The van der Waals surface area contributed by atoms with Gasteiger partial charge in [-0.05, 0) is 24.3 Å². The Morgan fingerprint density at radius 3 is 2.25 bits per heavy atom. The van der Waals surface area contributed by atoms with Gasteiger partial charge in [-0.15, -0.1) is 11.3 Å². The molecule has 0 unspecified atom stereocenters. The highest BCUT2D eigenvalue weighted by molar-refractivity contribution is 7.16. The van der Waals surface area contributed by atoms with Gasteiger partial charge in [-0.1, -0.05) is 40.9 Å². The van der Waals surface area contributed by atoms with Crippen LogP contribution >= 0.6 is 46.1 Å². The van der Waals surface area contributed by atoms with Crippen LogP contribution in [0.3, 0.4) is 0 Å². The molecule has 0 radical (unpaired) electrons. The summed E-state index contributed by atoms with van der Waals surface area (Å²) in [5, 5.41) is 4.44. The zero-order valence-corrected chi connectivity index (χ0v) is 11.2. The number of anilines is 1. The molecule has 2 rings (SSSR count). The molecule has 0 aliphatic carbocycles. The molecule has 0 saturated heterocycles. The van der Waals surface area contributed by atoms with E-state index in [9.17, 15) is 0 Å². The highest BCUT2D eigenvalue weighted by atomic mass is 35.5. The summed E-state index contributed by atoms with van der Waals surface area (Å²) >= 11 is 19.4. The van der Waals surface area contributed by atoms with Crippen LogP contribution < -0.4 is 5.32 Å². The summed E-state index contributed by atoms with van der Waals surface area (Å²) in [6.45, 7) is 0.668. The molecule has 84 valence electrons. The molecule has 1 heterocycles. The minimum Gasteiger partial charge on any atom is -0.378 e. The lowest BCUT2D eigenvalue weighted by Crippen LogP contribution is -1.98. The average Bonchev–Trinajstić information content (AvgIpc) is 2.63. The van der Waals surface area contributed by atoms with Gasteiger partial charge in [0.1, 0.15) is 0 Å². The molecular weight excluding hydrogens is 285 g/mol. The highest BCUT2D eigenvalue weighted by Gasteiger charge is 2.05. The summed E-state index contributed by atoms with van der Waals surface area (Å²) in [4.78, 5) is 1.14. The molecule has 0 fully saturated rings. The topological polar surface area (TPSA) is 12.0 Å². The molecule has 0 bridgehead atoms. The van der Waals surface area contributed by atoms with Crippen molar-refractivity contribution in [3.63, 3.8) is 0 Å². The number of nitrogens with one attached hydrogen (secondary N) is 1. The first-order valence-electron chi connectivity index (χ1n) is 4.59. The number of thiophene rings is 1. The number of rotatable bonds is 3. The zero-order chi connectivity index (χ0) is 11.5. The third-order valence-corrected chi connectivity index (χ3v) is 3.89. The van der Waals surface area contributed by atoms with Crippen molar-refractivity contribution >= 4 is 51.8 Å². The Kier molecular flexibility index (Phi) is 3.98. The van der Waals surface area contributed by atoms with Crippen molar-refractivity contribution in [2.45, 2.75) is 6.54 Å². The standard InChI is InChI=1S/C11H8Cl3NS/c12-8-2-1-3-9(13)11(8)15-6-7-4-5-10(14)16-7/h1-5,15H,6H2. The Bertz CT molecular complexity index is 475. The molecule has 16 heavy (non-hydrogen) atoms. The number of hydrogen-bond donors (Lipinski definition) is 1. The van der Waals surface area contributed by atoms with Gasteiger partial charge in [0.15, 0.2) is 0 Å². The lowest BCUT2D eigenvalue weighted by atomic mass is 10.3. The highest BCUT2D eigenvalue weighted by Crippen LogP contribution is 2.31. The first kappa shape index (κ1) is 12.1. The monoisotopic (exact) mass is 291 g/mol. The van der Waals surface area contributed by atoms with E-state index >= 15 is 0 Å². The lowest BCUT2D eigenvalue weighted by Gasteiger charge is -2.08. The Hall–Kier alpha value is -0.410. The van der Waals surface area contributed by atoms with Gasteiger partial charge in [0.25, 0.3) is 0 Å². The van der Waals surface area contributed by atoms with Crippen molar-refractivity contribution in [1.82, 2.24) is 0 Å². The van der Waals surface area contributed by atoms with Crippen molar-refractivity contribution < 1.29 is 0 Å². The Balaban J connectivity index is 2.10. The molecule has 1 aromatic heterocycles. The van der Waals surface area contributed by atoms with Crippen LogP contribution in [0.1, 0.15) is 4.88 Å². The van der Waals surface area contributed by atoms with E-state index in [1.165, 1.54) is 11.3 Å². The van der Waals surface area contributed by atoms with Crippen LogP contribution in [-0.2, 0) is 6.54 Å². The SMILES string of the molecule is Clc1ccc(CNc2c(Cl)cccc2Cl)s1. The molecule has 0 aliphatic heterocycles. The molecule has 0 amide bonds. The summed E-state index contributed by atoms with van der Waals surface area (Å²) in [5.74, 6) is 0. The molecule has 1 aromatic carbocycles. The quantitative estimate of drug-likeness (QED) is 0.807. The van der Waals surface area contributed by atoms with Crippen molar-refractivity contribution in [2.75, 3.05) is 5.32 Å². The van der Waals surface area contributed by atoms with Gasteiger partial charge in [-0.25, -0.2) is 0 Å². The summed E-state index contributed by atoms with van der Waals surface area (Å²) in [6.07, 6.45) is 0. The Morgan fingerprint density at radius 2 is 1.69 bits per heavy atom. The smallest absolute Gasteiger partial charge is 0.0931 e. The molecule has 0 saturated carbocycles. The van der Waals surface area contributed by atoms with E-state index in [-0.39, 0.29) is 0 Å². The van der Waals surface area contributed by atoms with Crippen LogP contribution in [0.4, 0.5) is 5.69 Å². The second-order valence-corrected chi connectivity index (χ2v) is 5.77. The maximum absolute atomic E-state index is 6.03. The van der Waals surface area contributed by atoms with Gasteiger partial charge < -0.3 is 5.32 Å². The van der Waals surface area contributed by atoms with Crippen molar-refractivity contribution in [3.05, 3.63) is 49.6 Å². The van der Waals surface area contributed by atoms with E-state index < -0.39 is 0 Å². The van der Waals surface area contributed by atoms with Gasteiger partial charge in [0.2, 0.25) is 0 Å². The van der Waals surface area contributed by atoms with E-state index in [0.29, 0.717) is 16.6 Å². The molecule has 1 N–H and O–H groups in total. The van der Waals surface area contributed by atoms with Crippen LogP contribution in [0.15, 0.2) is 30.3 Å². The average molecular weight is 293 g/mol. The fourth-order valence-corrected chi connectivity index (χ4v) is 2.85. The summed E-state index contributed by atoms with van der Waals surface area (Å²) in [6, 6.07) is 9.27. The van der Waals surface area contributed by atoms with Gasteiger partial charge in [-0.3, -0.25) is 0 Å². The van der Waals surface area contributed by atoms with Gasteiger partial charge >= 0.3 is 0 Å². The fraction of sp³-hybridized carbons (Fsp3) is 0.0909. The predicted octanol–water partition coefficient (Wildman–Crippen LogP) is 5.32.